The molecule has 138 valence electrons. The van der Waals surface area contributed by atoms with E-state index in [1.54, 1.807) is 12.1 Å². The lowest BCUT2D eigenvalue weighted by molar-refractivity contribution is -0.115. The summed E-state index contributed by atoms with van der Waals surface area (Å²) in [6, 6.07) is 7.33. The number of nitrogen functional groups attached to an aromatic ring is 1. The predicted octanol–water partition coefficient (Wildman–Crippen LogP) is -0.320. The van der Waals surface area contributed by atoms with Crippen LogP contribution >= 0.6 is 0 Å². The van der Waals surface area contributed by atoms with Crippen molar-refractivity contribution in [1.29, 1.82) is 0 Å². The molecule has 1 aliphatic heterocycles. The second-order valence-corrected chi connectivity index (χ2v) is 5.81. The molecule has 1 amide bonds. The van der Waals surface area contributed by atoms with Crippen molar-refractivity contribution in [1.82, 2.24) is 10.3 Å². The number of anilines is 1. The molecule has 0 aliphatic carbocycles. The maximum absolute atomic E-state index is 12.5. The van der Waals surface area contributed by atoms with Crippen LogP contribution < -0.4 is 15.7 Å². The Kier molecular flexibility index (Phi) is 4.95. The van der Waals surface area contributed by atoms with E-state index in [9.17, 15) is 24.9 Å². The fourth-order valence-corrected chi connectivity index (χ4v) is 2.78. The highest BCUT2D eigenvalue weighted by Crippen LogP contribution is 2.30. The molecular formula is C16H15BN4O6. The monoisotopic (exact) mass is 370 g/mol. The van der Waals surface area contributed by atoms with Crippen LogP contribution in [0.25, 0.3) is 0 Å². The zero-order valence-electron chi connectivity index (χ0n) is 13.9. The van der Waals surface area contributed by atoms with Gasteiger partial charge in [-0.15, -0.1) is 0 Å². The molecule has 2 aromatic rings. The van der Waals surface area contributed by atoms with Gasteiger partial charge in [-0.3, -0.25) is 4.79 Å². The molecule has 0 spiro atoms. The standard InChI is InChI=1S/C16H15BN4O6/c18-12-7-8(4-5-19-12)13(21-26)15(22)20-11-6-9-2-1-3-10(16(23)24)14(9)27-17(11)25/h1-5,7,11,25-26H,6H2,(H2,18,19)(H,20,22)(H,23,24). The van der Waals surface area contributed by atoms with Crippen LogP contribution in [0.15, 0.2) is 41.7 Å². The summed E-state index contributed by atoms with van der Waals surface area (Å²) in [5.41, 5.74) is 5.91. The van der Waals surface area contributed by atoms with Gasteiger partial charge in [0.25, 0.3) is 5.91 Å². The van der Waals surface area contributed by atoms with E-state index in [0.717, 1.165) is 0 Å². The van der Waals surface area contributed by atoms with E-state index in [2.05, 4.69) is 15.5 Å². The van der Waals surface area contributed by atoms with Gasteiger partial charge in [0, 0.05) is 11.8 Å². The molecule has 10 nitrogen and oxygen atoms in total. The summed E-state index contributed by atoms with van der Waals surface area (Å²) in [5.74, 6) is -2.65. The molecule has 11 heteroatoms. The number of fused-ring (bicyclic) bond motifs is 1. The fraction of sp³-hybridized carbons (Fsp3) is 0.125. The van der Waals surface area contributed by atoms with Crippen LogP contribution in [-0.2, 0) is 11.2 Å². The Bertz CT molecular complexity index is 935. The number of carboxylic acid groups (broad SMARTS) is 1. The second-order valence-electron chi connectivity index (χ2n) is 5.81. The Morgan fingerprint density at radius 1 is 1.37 bits per heavy atom. The molecule has 3 rings (SSSR count). The molecule has 1 aliphatic rings. The smallest absolute Gasteiger partial charge is 0.534 e. The Hall–Kier alpha value is -3.60. The number of pyridine rings is 1. The first-order valence-corrected chi connectivity index (χ1v) is 7.85. The van der Waals surface area contributed by atoms with Gasteiger partial charge in [0.05, 0.1) is 11.5 Å². The second kappa shape index (κ2) is 7.34. The summed E-state index contributed by atoms with van der Waals surface area (Å²) in [5, 5.41) is 34.1. The topological polar surface area (TPSA) is 167 Å². The van der Waals surface area contributed by atoms with Gasteiger partial charge in [0.1, 0.15) is 11.6 Å². The summed E-state index contributed by atoms with van der Waals surface area (Å²) in [6.07, 6.45) is 1.48. The van der Waals surface area contributed by atoms with Crippen LogP contribution in [0.3, 0.4) is 0 Å². The number of nitrogens with two attached hydrogens (primary N) is 1. The average Bonchev–Trinajstić information content (AvgIpc) is 2.62. The number of carbonyl (C=O) groups excluding carboxylic acids is 1. The highest BCUT2D eigenvalue weighted by molar-refractivity contribution is 6.50. The molecule has 2 heterocycles. The Morgan fingerprint density at radius 3 is 2.81 bits per heavy atom. The molecule has 1 atom stereocenters. The third-order valence-electron chi connectivity index (χ3n) is 4.04. The van der Waals surface area contributed by atoms with Crippen molar-refractivity contribution >= 4 is 30.5 Å². The van der Waals surface area contributed by atoms with E-state index >= 15 is 0 Å². The van der Waals surface area contributed by atoms with E-state index < -0.39 is 24.9 Å². The Labute approximate surface area is 153 Å². The molecule has 0 bridgehead atoms. The van der Waals surface area contributed by atoms with Gasteiger partial charge in [-0.1, -0.05) is 17.3 Å². The minimum atomic E-state index is -1.48. The number of nitrogens with one attached hydrogen (secondary N) is 1. The number of amides is 1. The Morgan fingerprint density at radius 2 is 2.15 bits per heavy atom. The number of hydrogen-bond donors (Lipinski definition) is 5. The minimum Gasteiger partial charge on any atom is -0.534 e. The lowest BCUT2D eigenvalue weighted by Crippen LogP contribution is -2.54. The van der Waals surface area contributed by atoms with Gasteiger partial charge in [0.2, 0.25) is 0 Å². The van der Waals surface area contributed by atoms with Gasteiger partial charge >= 0.3 is 13.1 Å². The van der Waals surface area contributed by atoms with Crippen LogP contribution in [0.5, 0.6) is 5.75 Å². The lowest BCUT2D eigenvalue weighted by atomic mass is 9.72. The third kappa shape index (κ3) is 3.67. The summed E-state index contributed by atoms with van der Waals surface area (Å²) in [4.78, 5) is 27.5. The van der Waals surface area contributed by atoms with Crippen LogP contribution in [-0.4, -0.2) is 51.0 Å². The molecule has 27 heavy (non-hydrogen) atoms. The SMILES string of the molecule is Nc1cc(C(=NO)C(=O)NC2Cc3cccc(C(=O)O)c3OB2O)ccn1. The quantitative estimate of drug-likeness (QED) is 0.211. The average molecular weight is 370 g/mol. The molecule has 1 unspecified atom stereocenters. The van der Waals surface area contributed by atoms with Gasteiger partial charge in [-0.25, -0.2) is 9.78 Å². The number of carboxylic acids is 1. The van der Waals surface area contributed by atoms with Crippen molar-refractivity contribution in [2.24, 2.45) is 5.16 Å². The normalized spacial score (nSPS) is 16.3. The lowest BCUT2D eigenvalue weighted by Gasteiger charge is -2.28. The first-order valence-electron chi connectivity index (χ1n) is 7.85. The molecule has 0 saturated carbocycles. The number of nitrogens with zero attached hydrogens (tertiary/aromatic N) is 2. The van der Waals surface area contributed by atoms with E-state index in [1.165, 1.54) is 24.4 Å². The van der Waals surface area contributed by atoms with Crippen molar-refractivity contribution < 1.29 is 29.6 Å². The largest absolute Gasteiger partial charge is 0.547 e. The molecule has 0 radical (unpaired) electrons. The molecule has 0 fully saturated rings. The minimum absolute atomic E-state index is 0.0564. The van der Waals surface area contributed by atoms with E-state index in [0.29, 0.717) is 5.56 Å². The van der Waals surface area contributed by atoms with Gasteiger partial charge in [-0.05, 0) is 30.2 Å². The third-order valence-corrected chi connectivity index (χ3v) is 4.04. The van der Waals surface area contributed by atoms with Crippen LogP contribution in [0, 0.1) is 0 Å². The van der Waals surface area contributed by atoms with E-state index in [4.69, 9.17) is 10.4 Å². The predicted molar refractivity (Wildman–Crippen MR) is 94.6 cm³/mol. The number of hydrogen-bond acceptors (Lipinski definition) is 8. The van der Waals surface area contributed by atoms with Crippen molar-refractivity contribution in [2.45, 2.75) is 12.4 Å². The number of aromatic carboxylic acids is 1. The zero-order valence-corrected chi connectivity index (χ0v) is 13.9. The summed E-state index contributed by atoms with van der Waals surface area (Å²) < 4.78 is 5.30. The summed E-state index contributed by atoms with van der Waals surface area (Å²) in [6.45, 7) is 0. The molecular weight excluding hydrogens is 355 g/mol. The highest BCUT2D eigenvalue weighted by atomic mass is 16.5. The molecule has 6 N–H and O–H groups in total. The highest BCUT2D eigenvalue weighted by Gasteiger charge is 2.38. The number of rotatable bonds is 4. The van der Waals surface area contributed by atoms with Crippen LogP contribution in [0.4, 0.5) is 5.82 Å². The number of para-hydroxylation sites is 1. The molecule has 1 aromatic heterocycles. The first kappa shape index (κ1) is 18.2. The fourth-order valence-electron chi connectivity index (χ4n) is 2.78. The first-order chi connectivity index (χ1) is 12.9. The number of benzene rings is 1. The number of carbonyl (C=O) groups is 2. The van der Waals surface area contributed by atoms with Crippen LogP contribution in [0.1, 0.15) is 21.5 Å². The van der Waals surface area contributed by atoms with Crippen molar-refractivity contribution in [3.8, 4) is 5.75 Å². The number of aromatic nitrogens is 1. The maximum Gasteiger partial charge on any atom is 0.547 e. The summed E-state index contributed by atoms with van der Waals surface area (Å²) >= 11 is 0. The van der Waals surface area contributed by atoms with E-state index in [-0.39, 0.29) is 34.8 Å². The van der Waals surface area contributed by atoms with Gasteiger partial charge in [-0.2, -0.15) is 0 Å². The van der Waals surface area contributed by atoms with Crippen molar-refractivity contribution in [3.05, 3.63) is 53.2 Å². The zero-order chi connectivity index (χ0) is 19.6. The molecule has 0 saturated heterocycles. The maximum atomic E-state index is 12.5. The summed E-state index contributed by atoms with van der Waals surface area (Å²) in [7, 11) is -1.48. The van der Waals surface area contributed by atoms with E-state index in [1.807, 2.05) is 0 Å². The van der Waals surface area contributed by atoms with Gasteiger partial charge < -0.3 is 31.0 Å². The van der Waals surface area contributed by atoms with Crippen LogP contribution in [0.2, 0.25) is 0 Å². The van der Waals surface area contributed by atoms with Crippen molar-refractivity contribution in [3.63, 3.8) is 0 Å². The van der Waals surface area contributed by atoms with Gasteiger partial charge in [0.15, 0.2) is 5.71 Å². The van der Waals surface area contributed by atoms with Crippen molar-refractivity contribution in [2.75, 3.05) is 5.73 Å². The number of oxime groups is 1. The Balaban J connectivity index is 1.81. The molecule has 1 aromatic carbocycles.